The van der Waals surface area contributed by atoms with E-state index < -0.39 is 0 Å². The molecule has 1 aromatic heterocycles. The van der Waals surface area contributed by atoms with E-state index in [1.54, 1.807) is 19.4 Å². The van der Waals surface area contributed by atoms with Crippen LogP contribution in [0.15, 0.2) is 12.3 Å². The average molecular weight is 334 g/mol. The minimum Gasteiger partial charge on any atom is -0.481 e. The molecule has 3 heterocycles. The van der Waals surface area contributed by atoms with E-state index in [4.69, 9.17) is 9.47 Å². The van der Waals surface area contributed by atoms with Gasteiger partial charge in [0.1, 0.15) is 0 Å². The van der Waals surface area contributed by atoms with Gasteiger partial charge in [0, 0.05) is 57.4 Å². The van der Waals surface area contributed by atoms with Gasteiger partial charge in [-0.25, -0.2) is 4.98 Å². The molecule has 1 amide bonds. The van der Waals surface area contributed by atoms with Crippen molar-refractivity contribution in [3.05, 3.63) is 12.3 Å². The number of rotatable bonds is 5. The Morgan fingerprint density at radius 2 is 2.21 bits per heavy atom. The Morgan fingerprint density at radius 3 is 2.88 bits per heavy atom. The monoisotopic (exact) mass is 334 g/mol. The number of nitrogens with zero attached hydrogens (tertiary/aromatic N) is 4. The largest absolute Gasteiger partial charge is 0.481 e. The first-order chi connectivity index (χ1) is 11.7. The minimum absolute atomic E-state index is 0.0965. The third kappa shape index (κ3) is 3.95. The van der Waals surface area contributed by atoms with Gasteiger partial charge in [-0.1, -0.05) is 0 Å². The van der Waals surface area contributed by atoms with Crippen LogP contribution in [0.25, 0.3) is 0 Å². The van der Waals surface area contributed by atoms with Crippen LogP contribution in [0.5, 0.6) is 5.88 Å². The first kappa shape index (κ1) is 17.0. The zero-order valence-electron chi connectivity index (χ0n) is 14.5. The highest BCUT2D eigenvalue weighted by atomic mass is 16.5. The number of ether oxygens (including phenoxy) is 2. The summed E-state index contributed by atoms with van der Waals surface area (Å²) in [5.41, 5.74) is 0. The summed E-state index contributed by atoms with van der Waals surface area (Å²) < 4.78 is 10.5. The number of carbonyl (C=O) groups is 1. The molecule has 2 fully saturated rings. The van der Waals surface area contributed by atoms with E-state index in [9.17, 15) is 4.79 Å². The normalized spacial score (nSPS) is 21.8. The molecule has 7 nitrogen and oxygen atoms in total. The molecule has 0 spiro atoms. The molecule has 0 N–H and O–H groups in total. The molecular weight excluding hydrogens is 308 g/mol. The van der Waals surface area contributed by atoms with Crippen LogP contribution in [0.4, 0.5) is 5.95 Å². The van der Waals surface area contributed by atoms with Gasteiger partial charge < -0.3 is 19.3 Å². The van der Waals surface area contributed by atoms with E-state index in [1.807, 2.05) is 11.9 Å². The molecule has 0 saturated carbocycles. The molecule has 132 valence electrons. The van der Waals surface area contributed by atoms with E-state index in [2.05, 4.69) is 14.9 Å². The topological polar surface area (TPSA) is 67.8 Å². The van der Waals surface area contributed by atoms with Gasteiger partial charge in [0.2, 0.25) is 17.7 Å². The first-order valence-electron chi connectivity index (χ1n) is 8.62. The molecule has 0 aliphatic carbocycles. The standard InChI is InChI=1S/C17H26N4O3/c1-20(11-13-6-10-24-12-13)16(22)14-4-8-21(9-5-14)17-18-7-3-15(19-17)23-2/h3,7,13-14H,4-6,8-12H2,1-2H3/t13-/m0/s1. The second-order valence-corrected chi connectivity index (χ2v) is 6.61. The number of methoxy groups -OCH3 is 1. The Morgan fingerprint density at radius 1 is 1.42 bits per heavy atom. The number of hydrogen-bond donors (Lipinski definition) is 0. The number of aromatic nitrogens is 2. The average Bonchev–Trinajstić information content (AvgIpc) is 3.14. The summed E-state index contributed by atoms with van der Waals surface area (Å²) in [7, 11) is 3.51. The summed E-state index contributed by atoms with van der Waals surface area (Å²) in [4.78, 5) is 25.3. The molecule has 0 bridgehead atoms. The molecule has 1 aromatic rings. The summed E-state index contributed by atoms with van der Waals surface area (Å²) >= 11 is 0. The zero-order chi connectivity index (χ0) is 16.9. The summed E-state index contributed by atoms with van der Waals surface area (Å²) in [6.07, 6.45) is 4.44. The molecule has 0 radical (unpaired) electrons. The van der Waals surface area contributed by atoms with E-state index >= 15 is 0 Å². The summed E-state index contributed by atoms with van der Waals surface area (Å²) in [5, 5.41) is 0. The van der Waals surface area contributed by atoms with Crippen molar-refractivity contribution in [3.63, 3.8) is 0 Å². The zero-order valence-corrected chi connectivity index (χ0v) is 14.5. The third-order valence-electron chi connectivity index (χ3n) is 4.89. The van der Waals surface area contributed by atoms with Gasteiger partial charge >= 0.3 is 0 Å². The Labute approximate surface area is 143 Å². The Hall–Kier alpha value is -1.89. The van der Waals surface area contributed by atoms with Gasteiger partial charge in [0.15, 0.2) is 0 Å². The van der Waals surface area contributed by atoms with Crippen LogP contribution >= 0.6 is 0 Å². The van der Waals surface area contributed by atoms with Crippen molar-refractivity contribution < 1.29 is 14.3 Å². The van der Waals surface area contributed by atoms with Crippen LogP contribution in [-0.4, -0.2) is 67.8 Å². The lowest BCUT2D eigenvalue weighted by molar-refractivity contribution is -0.135. The van der Waals surface area contributed by atoms with E-state index in [0.29, 0.717) is 17.7 Å². The number of carbonyl (C=O) groups excluding carboxylic acids is 1. The van der Waals surface area contributed by atoms with Crippen molar-refractivity contribution in [1.82, 2.24) is 14.9 Å². The number of anilines is 1. The van der Waals surface area contributed by atoms with Crippen LogP contribution in [0.1, 0.15) is 19.3 Å². The van der Waals surface area contributed by atoms with Crippen molar-refractivity contribution in [3.8, 4) is 5.88 Å². The Kier molecular flexibility index (Phi) is 5.50. The lowest BCUT2D eigenvalue weighted by Gasteiger charge is -2.33. The van der Waals surface area contributed by atoms with Crippen molar-refractivity contribution in [2.24, 2.45) is 11.8 Å². The highest BCUT2D eigenvalue weighted by Gasteiger charge is 2.29. The first-order valence-corrected chi connectivity index (χ1v) is 8.62. The quantitative estimate of drug-likeness (QED) is 0.806. The summed E-state index contributed by atoms with van der Waals surface area (Å²) in [6, 6.07) is 1.74. The van der Waals surface area contributed by atoms with Gasteiger partial charge in [0.25, 0.3) is 0 Å². The SMILES string of the molecule is COc1ccnc(N2CCC(C(=O)N(C)C[C@@H]3CCOC3)CC2)n1. The number of piperidine rings is 1. The van der Waals surface area contributed by atoms with E-state index in [-0.39, 0.29) is 11.8 Å². The third-order valence-corrected chi connectivity index (χ3v) is 4.89. The van der Waals surface area contributed by atoms with Crippen LogP contribution in [0.2, 0.25) is 0 Å². The lowest BCUT2D eigenvalue weighted by atomic mass is 9.95. The maximum atomic E-state index is 12.6. The molecule has 1 atom stereocenters. The fraction of sp³-hybridized carbons (Fsp3) is 0.706. The highest BCUT2D eigenvalue weighted by Crippen LogP contribution is 2.24. The Balaban J connectivity index is 1.51. The molecule has 2 saturated heterocycles. The van der Waals surface area contributed by atoms with Crippen LogP contribution in [-0.2, 0) is 9.53 Å². The molecular formula is C17H26N4O3. The summed E-state index contributed by atoms with van der Waals surface area (Å²) in [6.45, 7) is 4.00. The lowest BCUT2D eigenvalue weighted by Crippen LogP contribution is -2.43. The second kappa shape index (κ2) is 7.79. The number of amides is 1. The van der Waals surface area contributed by atoms with Gasteiger partial charge in [-0.2, -0.15) is 4.98 Å². The molecule has 2 aliphatic heterocycles. The fourth-order valence-electron chi connectivity index (χ4n) is 3.44. The molecule has 24 heavy (non-hydrogen) atoms. The van der Waals surface area contributed by atoms with Crippen LogP contribution < -0.4 is 9.64 Å². The van der Waals surface area contributed by atoms with E-state index in [1.165, 1.54) is 0 Å². The number of hydrogen-bond acceptors (Lipinski definition) is 6. The molecule has 3 rings (SSSR count). The highest BCUT2D eigenvalue weighted by molar-refractivity contribution is 5.78. The van der Waals surface area contributed by atoms with Crippen molar-refractivity contribution in [1.29, 1.82) is 0 Å². The predicted molar refractivity (Wildman–Crippen MR) is 90.1 cm³/mol. The Bertz CT molecular complexity index is 555. The van der Waals surface area contributed by atoms with Crippen molar-refractivity contribution in [2.45, 2.75) is 19.3 Å². The summed E-state index contributed by atoms with van der Waals surface area (Å²) in [5.74, 6) is 2.09. The van der Waals surface area contributed by atoms with Gasteiger partial charge in [-0.05, 0) is 19.3 Å². The van der Waals surface area contributed by atoms with Crippen LogP contribution in [0, 0.1) is 11.8 Å². The van der Waals surface area contributed by atoms with Crippen LogP contribution in [0.3, 0.4) is 0 Å². The maximum Gasteiger partial charge on any atom is 0.228 e. The fourth-order valence-corrected chi connectivity index (χ4v) is 3.44. The smallest absolute Gasteiger partial charge is 0.228 e. The molecule has 7 heteroatoms. The predicted octanol–water partition coefficient (Wildman–Crippen LogP) is 1.20. The minimum atomic E-state index is 0.0965. The second-order valence-electron chi connectivity index (χ2n) is 6.61. The van der Waals surface area contributed by atoms with E-state index in [0.717, 1.165) is 52.1 Å². The van der Waals surface area contributed by atoms with Gasteiger partial charge in [-0.3, -0.25) is 4.79 Å². The van der Waals surface area contributed by atoms with Crippen molar-refractivity contribution in [2.75, 3.05) is 51.9 Å². The maximum absolute atomic E-state index is 12.6. The van der Waals surface area contributed by atoms with Gasteiger partial charge in [-0.15, -0.1) is 0 Å². The molecule has 0 unspecified atom stereocenters. The van der Waals surface area contributed by atoms with Crippen molar-refractivity contribution >= 4 is 11.9 Å². The molecule has 0 aromatic carbocycles. The molecule has 2 aliphatic rings. The van der Waals surface area contributed by atoms with Gasteiger partial charge in [0.05, 0.1) is 13.7 Å².